The molecule has 2 N–H and O–H groups in total. The quantitative estimate of drug-likeness (QED) is 0.755. The van der Waals surface area contributed by atoms with Gasteiger partial charge in [-0.05, 0) is 37.3 Å². The van der Waals surface area contributed by atoms with Crippen LogP contribution in [0.2, 0.25) is 0 Å². The van der Waals surface area contributed by atoms with E-state index < -0.39 is 0 Å². The van der Waals surface area contributed by atoms with Crippen molar-refractivity contribution in [3.63, 3.8) is 0 Å². The molecule has 0 unspecified atom stereocenters. The Labute approximate surface area is 77.0 Å². The Bertz CT molecular complexity index is 321. The Morgan fingerprint density at radius 1 is 1.62 bits per heavy atom. The maximum atomic E-state index is 12.9. The summed E-state index contributed by atoms with van der Waals surface area (Å²) in [6.07, 6.45) is 3.62. The molecule has 1 fully saturated rings. The lowest BCUT2D eigenvalue weighted by atomic mass is 10.1. The van der Waals surface area contributed by atoms with Crippen molar-refractivity contribution < 1.29 is 4.39 Å². The van der Waals surface area contributed by atoms with E-state index in [1.54, 1.807) is 13.0 Å². The molecule has 1 aromatic rings. The van der Waals surface area contributed by atoms with Gasteiger partial charge in [0.1, 0.15) is 5.82 Å². The zero-order chi connectivity index (χ0) is 9.42. The van der Waals surface area contributed by atoms with Crippen LogP contribution in [0, 0.1) is 18.7 Å². The van der Waals surface area contributed by atoms with Gasteiger partial charge in [0.25, 0.3) is 0 Å². The minimum absolute atomic E-state index is 0.000648. The summed E-state index contributed by atoms with van der Waals surface area (Å²) in [5.41, 5.74) is 7.38. The van der Waals surface area contributed by atoms with E-state index in [0.29, 0.717) is 11.5 Å². The standard InChI is InChI=1S/C10H13FN2/c1-6-4-9(13-5-8(6)11)10(12)7-2-3-7/h4-5,7,10H,2-3,12H2,1H3/t10-/m0/s1. The molecular formula is C10H13FN2. The normalized spacial score (nSPS) is 18.7. The molecule has 0 bridgehead atoms. The van der Waals surface area contributed by atoms with Crippen LogP contribution in [-0.4, -0.2) is 4.98 Å². The van der Waals surface area contributed by atoms with Gasteiger partial charge < -0.3 is 5.73 Å². The van der Waals surface area contributed by atoms with Crippen molar-refractivity contribution in [2.75, 3.05) is 0 Å². The Kier molecular flexibility index (Phi) is 2.04. The second kappa shape index (κ2) is 3.07. The highest BCUT2D eigenvalue weighted by Gasteiger charge is 2.30. The predicted octanol–water partition coefficient (Wildman–Crippen LogP) is 1.94. The minimum Gasteiger partial charge on any atom is -0.322 e. The van der Waals surface area contributed by atoms with Crippen LogP contribution < -0.4 is 5.73 Å². The van der Waals surface area contributed by atoms with Crippen molar-refractivity contribution in [2.45, 2.75) is 25.8 Å². The molecule has 0 saturated heterocycles. The highest BCUT2D eigenvalue weighted by molar-refractivity contribution is 5.20. The Morgan fingerprint density at radius 2 is 2.31 bits per heavy atom. The van der Waals surface area contributed by atoms with E-state index in [2.05, 4.69) is 4.98 Å². The number of nitrogens with two attached hydrogens (primary N) is 1. The molecule has 0 spiro atoms. The topological polar surface area (TPSA) is 38.9 Å². The van der Waals surface area contributed by atoms with Crippen molar-refractivity contribution in [3.05, 3.63) is 29.3 Å². The van der Waals surface area contributed by atoms with Gasteiger partial charge in [-0.1, -0.05) is 0 Å². The SMILES string of the molecule is Cc1cc([C@@H](N)C2CC2)ncc1F. The molecule has 3 heteroatoms. The molecule has 1 aliphatic rings. The van der Waals surface area contributed by atoms with E-state index in [-0.39, 0.29) is 11.9 Å². The summed E-state index contributed by atoms with van der Waals surface area (Å²) in [6.45, 7) is 1.74. The van der Waals surface area contributed by atoms with E-state index in [1.165, 1.54) is 19.0 Å². The summed E-state index contributed by atoms with van der Waals surface area (Å²) in [5, 5.41) is 0. The minimum atomic E-state index is -0.258. The number of pyridine rings is 1. The van der Waals surface area contributed by atoms with Crippen LogP contribution in [-0.2, 0) is 0 Å². The van der Waals surface area contributed by atoms with Crippen LogP contribution in [0.25, 0.3) is 0 Å². The highest BCUT2D eigenvalue weighted by Crippen LogP contribution is 2.38. The van der Waals surface area contributed by atoms with Gasteiger partial charge >= 0.3 is 0 Å². The van der Waals surface area contributed by atoms with Gasteiger partial charge in [0.15, 0.2) is 0 Å². The van der Waals surface area contributed by atoms with Crippen LogP contribution in [0.15, 0.2) is 12.3 Å². The molecule has 1 aromatic heterocycles. The average molecular weight is 180 g/mol. The third-order valence-electron chi connectivity index (χ3n) is 2.54. The van der Waals surface area contributed by atoms with Gasteiger partial charge in [-0.3, -0.25) is 4.98 Å². The van der Waals surface area contributed by atoms with E-state index in [1.807, 2.05) is 0 Å². The largest absolute Gasteiger partial charge is 0.322 e. The number of aromatic nitrogens is 1. The van der Waals surface area contributed by atoms with Crippen molar-refractivity contribution in [1.82, 2.24) is 4.98 Å². The first-order chi connectivity index (χ1) is 6.18. The molecule has 2 rings (SSSR count). The molecule has 0 radical (unpaired) electrons. The third-order valence-corrected chi connectivity index (χ3v) is 2.54. The first kappa shape index (κ1) is 8.63. The second-order valence-corrected chi connectivity index (χ2v) is 3.72. The molecule has 2 nitrogen and oxygen atoms in total. The molecule has 0 aliphatic heterocycles. The van der Waals surface area contributed by atoms with E-state index >= 15 is 0 Å². The number of nitrogens with zero attached hydrogens (tertiary/aromatic N) is 1. The maximum absolute atomic E-state index is 12.9. The summed E-state index contributed by atoms with van der Waals surface area (Å²) in [5.74, 6) is 0.309. The number of hydrogen-bond acceptors (Lipinski definition) is 2. The van der Waals surface area contributed by atoms with Gasteiger partial charge in [0.2, 0.25) is 0 Å². The first-order valence-electron chi connectivity index (χ1n) is 4.56. The van der Waals surface area contributed by atoms with Gasteiger partial charge in [-0.15, -0.1) is 0 Å². The zero-order valence-corrected chi connectivity index (χ0v) is 7.63. The first-order valence-corrected chi connectivity index (χ1v) is 4.56. The van der Waals surface area contributed by atoms with Crippen LogP contribution in [0.3, 0.4) is 0 Å². The Morgan fingerprint density at radius 3 is 2.85 bits per heavy atom. The molecule has 70 valence electrons. The monoisotopic (exact) mass is 180 g/mol. The lowest BCUT2D eigenvalue weighted by Gasteiger charge is -2.09. The number of aryl methyl sites for hydroxylation is 1. The summed E-state index contributed by atoms with van der Waals surface area (Å²) in [7, 11) is 0. The van der Waals surface area contributed by atoms with E-state index in [4.69, 9.17) is 5.73 Å². The summed E-state index contributed by atoms with van der Waals surface area (Å²) in [4.78, 5) is 4.00. The van der Waals surface area contributed by atoms with Crippen molar-refractivity contribution in [3.8, 4) is 0 Å². The van der Waals surface area contributed by atoms with Crippen LogP contribution >= 0.6 is 0 Å². The number of rotatable bonds is 2. The van der Waals surface area contributed by atoms with Gasteiger partial charge in [-0.2, -0.15) is 0 Å². The number of halogens is 1. The molecule has 0 aromatic carbocycles. The fraction of sp³-hybridized carbons (Fsp3) is 0.500. The third kappa shape index (κ3) is 1.70. The Balaban J connectivity index is 2.24. The zero-order valence-electron chi connectivity index (χ0n) is 7.63. The molecule has 1 atom stereocenters. The van der Waals surface area contributed by atoms with E-state index in [0.717, 1.165) is 5.69 Å². The molecule has 1 aliphatic carbocycles. The van der Waals surface area contributed by atoms with Crippen LogP contribution in [0.4, 0.5) is 4.39 Å². The summed E-state index contributed by atoms with van der Waals surface area (Å²) < 4.78 is 12.9. The average Bonchev–Trinajstić information content (AvgIpc) is 2.91. The molecule has 1 saturated carbocycles. The number of hydrogen-bond donors (Lipinski definition) is 1. The predicted molar refractivity (Wildman–Crippen MR) is 48.6 cm³/mol. The highest BCUT2D eigenvalue weighted by atomic mass is 19.1. The molecule has 1 heterocycles. The van der Waals surface area contributed by atoms with Crippen molar-refractivity contribution in [2.24, 2.45) is 11.7 Å². The smallest absolute Gasteiger partial charge is 0.144 e. The van der Waals surface area contributed by atoms with Gasteiger partial charge in [0.05, 0.1) is 11.9 Å². The molecular weight excluding hydrogens is 167 g/mol. The summed E-state index contributed by atoms with van der Waals surface area (Å²) in [6, 6.07) is 1.75. The lowest BCUT2D eigenvalue weighted by molar-refractivity contribution is 0.585. The fourth-order valence-electron chi connectivity index (χ4n) is 1.44. The van der Waals surface area contributed by atoms with E-state index in [9.17, 15) is 4.39 Å². The van der Waals surface area contributed by atoms with Crippen molar-refractivity contribution >= 4 is 0 Å². The van der Waals surface area contributed by atoms with Gasteiger partial charge in [0, 0.05) is 6.04 Å². The van der Waals surface area contributed by atoms with Crippen LogP contribution in [0.5, 0.6) is 0 Å². The second-order valence-electron chi connectivity index (χ2n) is 3.72. The van der Waals surface area contributed by atoms with Crippen molar-refractivity contribution in [1.29, 1.82) is 0 Å². The maximum Gasteiger partial charge on any atom is 0.144 e. The Hall–Kier alpha value is -0.960. The molecule has 13 heavy (non-hydrogen) atoms. The van der Waals surface area contributed by atoms with Crippen LogP contribution in [0.1, 0.15) is 30.1 Å². The lowest BCUT2D eigenvalue weighted by Crippen LogP contribution is -2.14. The van der Waals surface area contributed by atoms with Gasteiger partial charge in [-0.25, -0.2) is 4.39 Å². The summed E-state index contributed by atoms with van der Waals surface area (Å²) >= 11 is 0. The fourth-order valence-corrected chi connectivity index (χ4v) is 1.44. The molecule has 0 amide bonds.